The molecule has 0 aliphatic carbocycles. The van der Waals surface area contributed by atoms with E-state index < -0.39 is 0 Å². The number of hydrogen-bond donors (Lipinski definition) is 2. The summed E-state index contributed by atoms with van der Waals surface area (Å²) in [4.78, 5) is 0. The van der Waals surface area contributed by atoms with Crippen molar-refractivity contribution >= 4 is 5.69 Å². The Balaban J connectivity index is 2.02. The summed E-state index contributed by atoms with van der Waals surface area (Å²) in [6.07, 6.45) is 2.63. The number of anilines is 1. The van der Waals surface area contributed by atoms with Crippen molar-refractivity contribution in [3.63, 3.8) is 0 Å². The van der Waals surface area contributed by atoms with Gasteiger partial charge >= 0.3 is 0 Å². The summed E-state index contributed by atoms with van der Waals surface area (Å²) >= 11 is 0. The van der Waals surface area contributed by atoms with Crippen molar-refractivity contribution in [2.75, 3.05) is 5.32 Å². The molecule has 2 atom stereocenters. The number of aromatic hydroxyl groups is 1. The summed E-state index contributed by atoms with van der Waals surface area (Å²) in [6.45, 7) is 6.12. The predicted molar refractivity (Wildman–Crippen MR) is 69.5 cm³/mol. The highest BCUT2D eigenvalue weighted by Crippen LogP contribution is 2.25. The van der Waals surface area contributed by atoms with E-state index in [1.165, 1.54) is 0 Å². The van der Waals surface area contributed by atoms with Gasteiger partial charge in [0, 0.05) is 17.8 Å². The first-order valence-electron chi connectivity index (χ1n) is 6.26. The highest BCUT2D eigenvalue weighted by atomic mass is 16.5. The van der Waals surface area contributed by atoms with Crippen LogP contribution in [0.15, 0.2) is 18.2 Å². The van der Waals surface area contributed by atoms with E-state index >= 15 is 0 Å². The molecule has 3 heteroatoms. The summed E-state index contributed by atoms with van der Waals surface area (Å²) in [5.41, 5.74) is 1.89. The van der Waals surface area contributed by atoms with Crippen LogP contribution in [-0.4, -0.2) is 23.4 Å². The number of ether oxygens (including phenoxy) is 1. The van der Waals surface area contributed by atoms with Gasteiger partial charge in [0.1, 0.15) is 5.75 Å². The Bertz CT molecular complexity index is 382. The molecule has 0 spiro atoms. The number of rotatable bonds is 2. The number of hydrogen-bond acceptors (Lipinski definition) is 3. The van der Waals surface area contributed by atoms with Gasteiger partial charge in [-0.25, -0.2) is 0 Å². The monoisotopic (exact) mass is 235 g/mol. The van der Waals surface area contributed by atoms with Crippen LogP contribution in [0.4, 0.5) is 5.69 Å². The molecule has 1 aromatic carbocycles. The third kappa shape index (κ3) is 3.13. The molecule has 2 rings (SSSR count). The van der Waals surface area contributed by atoms with Crippen LogP contribution in [0, 0.1) is 6.92 Å². The molecule has 2 unspecified atom stereocenters. The Morgan fingerprint density at radius 1 is 1.24 bits per heavy atom. The van der Waals surface area contributed by atoms with E-state index in [2.05, 4.69) is 19.2 Å². The molecular weight excluding hydrogens is 214 g/mol. The van der Waals surface area contributed by atoms with Gasteiger partial charge < -0.3 is 15.2 Å². The summed E-state index contributed by atoms with van der Waals surface area (Å²) in [6, 6.07) is 6.17. The van der Waals surface area contributed by atoms with Gasteiger partial charge in [0.15, 0.2) is 0 Å². The van der Waals surface area contributed by atoms with E-state index in [0.29, 0.717) is 24.0 Å². The number of aryl methyl sites for hydroxylation is 1. The SMILES string of the molecule is Cc1ccc(NC2CC(C)OC(C)C2)cc1O. The van der Waals surface area contributed by atoms with E-state index in [4.69, 9.17) is 4.74 Å². The van der Waals surface area contributed by atoms with E-state index in [1.807, 2.05) is 19.1 Å². The van der Waals surface area contributed by atoms with Gasteiger partial charge in [-0.1, -0.05) is 6.07 Å². The number of phenols is 1. The topological polar surface area (TPSA) is 41.5 Å². The van der Waals surface area contributed by atoms with Crippen molar-refractivity contribution in [1.29, 1.82) is 0 Å². The van der Waals surface area contributed by atoms with Gasteiger partial charge in [-0.2, -0.15) is 0 Å². The molecule has 0 bridgehead atoms. The van der Waals surface area contributed by atoms with E-state index in [9.17, 15) is 5.11 Å². The maximum absolute atomic E-state index is 9.67. The lowest BCUT2D eigenvalue weighted by Gasteiger charge is -2.33. The fourth-order valence-corrected chi connectivity index (χ4v) is 2.46. The van der Waals surface area contributed by atoms with Crippen LogP contribution in [0.5, 0.6) is 5.75 Å². The molecule has 94 valence electrons. The molecular formula is C14H21NO2. The maximum Gasteiger partial charge on any atom is 0.120 e. The van der Waals surface area contributed by atoms with E-state index in [0.717, 1.165) is 24.1 Å². The number of phenolic OH excluding ortho intramolecular Hbond substituents is 1. The first-order chi connectivity index (χ1) is 8.04. The summed E-state index contributed by atoms with van der Waals surface area (Å²) in [5.74, 6) is 0.350. The molecule has 3 nitrogen and oxygen atoms in total. The van der Waals surface area contributed by atoms with Crippen LogP contribution in [0.25, 0.3) is 0 Å². The normalized spacial score (nSPS) is 29.0. The second-order valence-corrected chi connectivity index (χ2v) is 5.07. The van der Waals surface area contributed by atoms with Crippen molar-refractivity contribution in [2.45, 2.75) is 51.9 Å². The first kappa shape index (κ1) is 12.2. The van der Waals surface area contributed by atoms with Crippen LogP contribution >= 0.6 is 0 Å². The Morgan fingerprint density at radius 3 is 2.47 bits per heavy atom. The molecule has 0 saturated carbocycles. The lowest BCUT2D eigenvalue weighted by molar-refractivity contribution is -0.0337. The lowest BCUT2D eigenvalue weighted by atomic mass is 9.99. The Kier molecular flexibility index (Phi) is 3.57. The standard InChI is InChI=1S/C14H21NO2/c1-9-4-5-12(8-14(9)16)15-13-6-10(2)17-11(3)7-13/h4-5,8,10-11,13,15-16H,6-7H2,1-3H3. The lowest BCUT2D eigenvalue weighted by Crippen LogP contribution is -2.36. The minimum atomic E-state index is 0.301. The van der Waals surface area contributed by atoms with Crippen LogP contribution < -0.4 is 5.32 Å². The zero-order valence-corrected chi connectivity index (χ0v) is 10.7. The zero-order valence-electron chi connectivity index (χ0n) is 10.7. The predicted octanol–water partition coefficient (Wildman–Crippen LogP) is 3.07. The first-order valence-corrected chi connectivity index (χ1v) is 6.26. The molecule has 1 aliphatic heterocycles. The van der Waals surface area contributed by atoms with Gasteiger partial charge in [-0.05, 0) is 45.2 Å². The van der Waals surface area contributed by atoms with Crippen molar-refractivity contribution in [2.24, 2.45) is 0 Å². The Labute approximate surface area is 103 Å². The second kappa shape index (κ2) is 4.96. The molecule has 0 radical (unpaired) electrons. The molecule has 1 saturated heterocycles. The fraction of sp³-hybridized carbons (Fsp3) is 0.571. The van der Waals surface area contributed by atoms with E-state index in [1.54, 1.807) is 6.07 Å². The molecule has 1 fully saturated rings. The van der Waals surface area contributed by atoms with Crippen LogP contribution in [0.1, 0.15) is 32.3 Å². The smallest absolute Gasteiger partial charge is 0.120 e. The average molecular weight is 235 g/mol. The van der Waals surface area contributed by atoms with Gasteiger partial charge in [0.2, 0.25) is 0 Å². The third-order valence-electron chi connectivity index (χ3n) is 3.28. The molecule has 1 heterocycles. The summed E-state index contributed by atoms with van der Waals surface area (Å²) < 4.78 is 5.71. The number of benzene rings is 1. The summed E-state index contributed by atoms with van der Waals surface area (Å²) in [5, 5.41) is 13.1. The second-order valence-electron chi connectivity index (χ2n) is 5.07. The highest BCUT2D eigenvalue weighted by molar-refractivity contribution is 5.51. The molecule has 17 heavy (non-hydrogen) atoms. The quantitative estimate of drug-likeness (QED) is 0.827. The maximum atomic E-state index is 9.67. The molecule has 1 aromatic rings. The molecule has 1 aliphatic rings. The fourth-order valence-electron chi connectivity index (χ4n) is 2.46. The zero-order chi connectivity index (χ0) is 12.4. The van der Waals surface area contributed by atoms with Gasteiger partial charge in [0.05, 0.1) is 12.2 Å². The van der Waals surface area contributed by atoms with E-state index in [-0.39, 0.29) is 0 Å². The molecule has 0 amide bonds. The summed E-state index contributed by atoms with van der Waals surface area (Å²) in [7, 11) is 0. The molecule has 2 N–H and O–H groups in total. The average Bonchev–Trinajstić information content (AvgIpc) is 2.22. The van der Waals surface area contributed by atoms with Crippen molar-refractivity contribution in [3.8, 4) is 5.75 Å². The minimum Gasteiger partial charge on any atom is -0.508 e. The van der Waals surface area contributed by atoms with Gasteiger partial charge in [0.25, 0.3) is 0 Å². The van der Waals surface area contributed by atoms with Gasteiger partial charge in [-0.15, -0.1) is 0 Å². The Morgan fingerprint density at radius 2 is 1.88 bits per heavy atom. The van der Waals surface area contributed by atoms with Crippen molar-refractivity contribution in [1.82, 2.24) is 0 Å². The van der Waals surface area contributed by atoms with Crippen molar-refractivity contribution in [3.05, 3.63) is 23.8 Å². The van der Waals surface area contributed by atoms with Crippen LogP contribution in [0.2, 0.25) is 0 Å². The van der Waals surface area contributed by atoms with Crippen LogP contribution in [0.3, 0.4) is 0 Å². The molecule has 0 aromatic heterocycles. The third-order valence-corrected chi connectivity index (χ3v) is 3.28. The van der Waals surface area contributed by atoms with Gasteiger partial charge in [-0.3, -0.25) is 0 Å². The van der Waals surface area contributed by atoms with Crippen molar-refractivity contribution < 1.29 is 9.84 Å². The largest absolute Gasteiger partial charge is 0.508 e. The minimum absolute atomic E-state index is 0.301. The van der Waals surface area contributed by atoms with Crippen LogP contribution in [-0.2, 0) is 4.74 Å². The Hall–Kier alpha value is -1.22. The highest BCUT2D eigenvalue weighted by Gasteiger charge is 2.24. The number of nitrogens with one attached hydrogen (secondary N) is 1.